The van der Waals surface area contributed by atoms with Crippen LogP contribution >= 0.6 is 0 Å². The first kappa shape index (κ1) is 21.0. The van der Waals surface area contributed by atoms with Crippen molar-refractivity contribution in [3.63, 3.8) is 0 Å². The quantitative estimate of drug-likeness (QED) is 0.690. The number of fused-ring (bicyclic) bond motifs is 1. The van der Waals surface area contributed by atoms with E-state index in [0.717, 1.165) is 25.9 Å². The van der Waals surface area contributed by atoms with Gasteiger partial charge in [-0.05, 0) is 44.5 Å². The highest BCUT2D eigenvalue weighted by Crippen LogP contribution is 2.23. The largest absolute Gasteiger partial charge is 0.474 e. The van der Waals surface area contributed by atoms with Crippen LogP contribution in [-0.4, -0.2) is 65.3 Å². The number of hydrogen-bond acceptors (Lipinski definition) is 6. The van der Waals surface area contributed by atoms with Gasteiger partial charge in [0.1, 0.15) is 6.10 Å². The second kappa shape index (κ2) is 9.26. The average Bonchev–Trinajstić information content (AvgIpc) is 3.02. The molecule has 0 spiro atoms. The zero-order valence-electron chi connectivity index (χ0n) is 17.5. The van der Waals surface area contributed by atoms with Crippen LogP contribution in [0.25, 0.3) is 0 Å². The maximum Gasteiger partial charge on any atom is 0.261 e. The highest BCUT2D eigenvalue weighted by Gasteiger charge is 2.34. The molecule has 3 amide bonds. The van der Waals surface area contributed by atoms with E-state index in [-0.39, 0.29) is 36.8 Å². The van der Waals surface area contributed by atoms with E-state index >= 15 is 0 Å². The number of hydrogen-bond donors (Lipinski definition) is 1. The summed E-state index contributed by atoms with van der Waals surface area (Å²) < 4.78 is 5.91. The number of rotatable bonds is 7. The minimum absolute atomic E-state index is 0.172. The predicted molar refractivity (Wildman–Crippen MR) is 115 cm³/mol. The van der Waals surface area contributed by atoms with Gasteiger partial charge in [0.2, 0.25) is 11.8 Å². The zero-order valence-corrected chi connectivity index (χ0v) is 17.5. The predicted octanol–water partition coefficient (Wildman–Crippen LogP) is 2.57. The Labute approximate surface area is 181 Å². The van der Waals surface area contributed by atoms with Gasteiger partial charge in [-0.25, -0.2) is 4.98 Å². The molecular formula is C23H26N4O4. The Bertz CT molecular complexity index is 933. The van der Waals surface area contributed by atoms with E-state index in [1.807, 2.05) is 0 Å². The molecule has 1 N–H and O–H groups in total. The van der Waals surface area contributed by atoms with Crippen LogP contribution in [-0.2, 0) is 4.79 Å². The summed E-state index contributed by atoms with van der Waals surface area (Å²) >= 11 is 0. The lowest BCUT2D eigenvalue weighted by Crippen LogP contribution is -2.35. The van der Waals surface area contributed by atoms with Crippen molar-refractivity contribution in [1.29, 1.82) is 0 Å². The van der Waals surface area contributed by atoms with Crippen molar-refractivity contribution in [2.75, 3.05) is 32.0 Å². The van der Waals surface area contributed by atoms with Gasteiger partial charge < -0.3 is 15.0 Å². The van der Waals surface area contributed by atoms with Crippen LogP contribution in [0.15, 0.2) is 42.6 Å². The van der Waals surface area contributed by atoms with Crippen LogP contribution in [0.3, 0.4) is 0 Å². The van der Waals surface area contributed by atoms with Crippen molar-refractivity contribution in [3.05, 3.63) is 53.7 Å². The molecule has 8 nitrogen and oxygen atoms in total. The van der Waals surface area contributed by atoms with Crippen LogP contribution in [0.5, 0.6) is 5.88 Å². The highest BCUT2D eigenvalue weighted by molar-refractivity contribution is 6.21. The van der Waals surface area contributed by atoms with Crippen molar-refractivity contribution in [1.82, 2.24) is 14.8 Å². The average molecular weight is 422 g/mol. The molecule has 3 heterocycles. The van der Waals surface area contributed by atoms with Crippen LogP contribution in [0, 0.1) is 0 Å². The first-order valence-electron chi connectivity index (χ1n) is 10.6. The summed E-state index contributed by atoms with van der Waals surface area (Å²) in [6.07, 6.45) is 4.29. The van der Waals surface area contributed by atoms with Crippen LogP contribution in [0.2, 0.25) is 0 Å². The lowest BCUT2D eigenvalue weighted by Gasteiger charge is -2.28. The molecule has 2 aliphatic heterocycles. The summed E-state index contributed by atoms with van der Waals surface area (Å²) in [6, 6.07) is 10.3. The summed E-state index contributed by atoms with van der Waals surface area (Å²) in [6.45, 7) is 2.24. The van der Waals surface area contributed by atoms with E-state index in [1.165, 1.54) is 4.90 Å². The number of anilines is 1. The number of nitrogens with one attached hydrogen (secondary N) is 1. The monoisotopic (exact) mass is 422 g/mol. The Kier molecular flexibility index (Phi) is 6.27. The number of aromatic nitrogens is 1. The van der Waals surface area contributed by atoms with E-state index in [4.69, 9.17) is 4.74 Å². The minimum atomic E-state index is -0.301. The van der Waals surface area contributed by atoms with E-state index in [0.29, 0.717) is 29.1 Å². The molecule has 1 aromatic carbocycles. The Morgan fingerprint density at radius 3 is 2.39 bits per heavy atom. The Morgan fingerprint density at radius 1 is 1.10 bits per heavy atom. The number of benzene rings is 1. The van der Waals surface area contributed by atoms with Gasteiger partial charge in [-0.2, -0.15) is 0 Å². The molecule has 0 aliphatic carbocycles. The third-order valence-corrected chi connectivity index (χ3v) is 5.64. The number of likely N-dealkylation sites (tertiary alicyclic amines) is 1. The second-order valence-corrected chi connectivity index (χ2v) is 7.96. The van der Waals surface area contributed by atoms with Crippen molar-refractivity contribution in [3.8, 4) is 5.88 Å². The minimum Gasteiger partial charge on any atom is -0.474 e. The maximum atomic E-state index is 12.3. The lowest BCUT2D eigenvalue weighted by molar-refractivity contribution is -0.116. The fourth-order valence-electron chi connectivity index (χ4n) is 3.86. The van der Waals surface area contributed by atoms with Gasteiger partial charge in [-0.1, -0.05) is 12.1 Å². The highest BCUT2D eigenvalue weighted by atomic mass is 16.5. The van der Waals surface area contributed by atoms with Gasteiger partial charge in [-0.15, -0.1) is 0 Å². The summed E-state index contributed by atoms with van der Waals surface area (Å²) in [4.78, 5) is 44.7. The van der Waals surface area contributed by atoms with E-state index in [1.54, 1.807) is 42.6 Å². The first-order chi connectivity index (χ1) is 15.0. The third kappa shape index (κ3) is 4.91. The fourth-order valence-corrected chi connectivity index (χ4v) is 3.86. The number of carbonyl (C=O) groups is 3. The van der Waals surface area contributed by atoms with Crippen molar-refractivity contribution < 1.29 is 19.1 Å². The van der Waals surface area contributed by atoms with Crippen LogP contribution < -0.4 is 10.1 Å². The van der Waals surface area contributed by atoms with Gasteiger partial charge in [0.05, 0.1) is 23.0 Å². The van der Waals surface area contributed by atoms with Gasteiger partial charge >= 0.3 is 0 Å². The topological polar surface area (TPSA) is 91.8 Å². The molecule has 162 valence electrons. The molecular weight excluding hydrogens is 396 g/mol. The van der Waals surface area contributed by atoms with E-state index < -0.39 is 0 Å². The van der Waals surface area contributed by atoms with Gasteiger partial charge in [0.15, 0.2) is 0 Å². The maximum absolute atomic E-state index is 12.3. The molecule has 0 saturated carbocycles. The number of carbonyl (C=O) groups excluding carboxylic acids is 3. The van der Waals surface area contributed by atoms with E-state index in [2.05, 4.69) is 22.2 Å². The van der Waals surface area contributed by atoms with Gasteiger partial charge in [0, 0.05) is 32.1 Å². The molecule has 0 radical (unpaired) electrons. The smallest absolute Gasteiger partial charge is 0.261 e. The number of nitrogens with zero attached hydrogens (tertiary/aromatic N) is 3. The van der Waals surface area contributed by atoms with Gasteiger partial charge in [-0.3, -0.25) is 19.3 Å². The van der Waals surface area contributed by atoms with Gasteiger partial charge in [0.25, 0.3) is 11.8 Å². The molecule has 4 rings (SSSR count). The summed E-state index contributed by atoms with van der Waals surface area (Å²) in [5, 5.41) is 2.79. The number of piperidine rings is 1. The molecule has 2 aliphatic rings. The van der Waals surface area contributed by atoms with Crippen LogP contribution in [0.4, 0.5) is 5.69 Å². The Balaban J connectivity index is 1.21. The fraction of sp³-hybridized carbons (Fsp3) is 0.391. The number of ether oxygens (including phenoxy) is 1. The molecule has 31 heavy (non-hydrogen) atoms. The van der Waals surface area contributed by atoms with Crippen molar-refractivity contribution >= 4 is 23.4 Å². The Hall–Kier alpha value is -3.26. The SMILES string of the molecule is CN1CCC(Oc2ccc(NC(=O)CCCN3C(=O)c4ccccc4C3=O)cn2)CC1. The second-order valence-electron chi connectivity index (χ2n) is 7.96. The summed E-state index contributed by atoms with van der Waals surface area (Å²) in [5.74, 6) is -0.239. The van der Waals surface area contributed by atoms with E-state index in [9.17, 15) is 14.4 Å². The normalized spacial score (nSPS) is 17.0. The first-order valence-corrected chi connectivity index (χ1v) is 10.6. The molecule has 2 aromatic rings. The molecule has 0 atom stereocenters. The number of pyridine rings is 1. The lowest BCUT2D eigenvalue weighted by atomic mass is 10.1. The molecule has 0 bridgehead atoms. The van der Waals surface area contributed by atoms with Crippen LogP contribution in [0.1, 0.15) is 46.4 Å². The standard InChI is InChI=1S/C23H26N4O4/c1-26-13-10-17(11-14-26)31-21-9-8-16(15-24-21)25-20(28)7-4-12-27-22(29)18-5-2-3-6-19(18)23(27)30/h2-3,5-6,8-9,15,17H,4,7,10-14H2,1H3,(H,25,28). The molecule has 8 heteroatoms. The molecule has 0 unspecified atom stereocenters. The molecule has 1 saturated heterocycles. The summed E-state index contributed by atoms with van der Waals surface area (Å²) in [5.41, 5.74) is 1.43. The molecule has 1 aromatic heterocycles. The summed E-state index contributed by atoms with van der Waals surface area (Å²) in [7, 11) is 2.10. The van der Waals surface area contributed by atoms with Crippen molar-refractivity contribution in [2.45, 2.75) is 31.8 Å². The number of imide groups is 1. The Morgan fingerprint density at radius 2 is 1.77 bits per heavy atom. The molecule has 1 fully saturated rings. The van der Waals surface area contributed by atoms with Crippen molar-refractivity contribution in [2.24, 2.45) is 0 Å². The number of amides is 3. The zero-order chi connectivity index (χ0) is 21.8. The third-order valence-electron chi connectivity index (χ3n) is 5.64.